The van der Waals surface area contributed by atoms with Crippen molar-refractivity contribution in [2.45, 2.75) is 308 Å². The summed E-state index contributed by atoms with van der Waals surface area (Å²) in [6.07, 6.45) is -2.91. The number of hydrogen-bond acceptors (Lipinski definition) is 31. The maximum Gasteiger partial charge on any atom is 0.308 e. The smallest absolute Gasteiger partial charge is 0.308 e. The summed E-state index contributed by atoms with van der Waals surface area (Å²) in [5, 5.41) is 44.9. The lowest BCUT2D eigenvalue weighted by Crippen LogP contribution is -2.65. The molecule has 0 radical (unpaired) electrons. The Labute approximate surface area is 698 Å². The summed E-state index contributed by atoms with van der Waals surface area (Å²) in [7, 11) is 13.2. The van der Waals surface area contributed by atoms with Gasteiger partial charge in [0.25, 0.3) is 0 Å². The zero-order chi connectivity index (χ0) is 87.9. The van der Waals surface area contributed by atoms with E-state index in [0.717, 1.165) is 17.4 Å². The molecule has 672 valence electrons. The molecule has 7 aliphatic heterocycles. The maximum absolute atomic E-state index is 14.1. The topological polar surface area (TPSA) is 373 Å². The Morgan fingerprint density at radius 3 is 1.53 bits per heavy atom. The third kappa shape index (κ3) is 27.7. The number of hydrogen-bond donors (Lipinski definition) is 4. The molecule has 35 atom stereocenters. The maximum atomic E-state index is 14.1. The molecular weight excluding hydrogens is 1540 g/mol. The second kappa shape index (κ2) is 48.4. The van der Waals surface area contributed by atoms with Gasteiger partial charge in [-0.15, -0.1) is 6.58 Å². The lowest BCUT2D eigenvalue weighted by Gasteiger charge is -2.48. The van der Waals surface area contributed by atoms with Crippen LogP contribution in [0.15, 0.2) is 72.6 Å². The number of rotatable bonds is 23. The average molecular weight is 1680 g/mol. The molecule has 7 heterocycles. The number of allylic oxidation sites excluding steroid dienone is 6. The van der Waals surface area contributed by atoms with E-state index in [9.17, 15) is 54.0 Å². The summed E-state index contributed by atoms with van der Waals surface area (Å²) >= 11 is 0. The van der Waals surface area contributed by atoms with Gasteiger partial charge in [0.15, 0.2) is 42.8 Å². The number of nitrogens with zero attached hydrogens (tertiary/aromatic N) is 2. The van der Waals surface area contributed by atoms with E-state index in [0.29, 0.717) is 19.3 Å². The van der Waals surface area contributed by atoms with Gasteiger partial charge < -0.3 is 115 Å². The largest absolute Gasteiger partial charge is 0.498 e. The molecule has 31 nitrogen and oxygen atoms in total. The van der Waals surface area contributed by atoms with Gasteiger partial charge in [-0.2, -0.15) is 0 Å². The molecule has 0 saturated carbocycles. The fourth-order valence-corrected chi connectivity index (χ4v) is 17.0. The van der Waals surface area contributed by atoms with Gasteiger partial charge in [0.1, 0.15) is 67.8 Å². The van der Waals surface area contributed by atoms with Crippen LogP contribution in [0.1, 0.15) is 149 Å². The highest BCUT2D eigenvalue weighted by molar-refractivity contribution is 5.92. The number of methoxy groups -OCH3 is 4. The number of ether oxygens (including phenoxy) is 18. The van der Waals surface area contributed by atoms with Crippen LogP contribution in [0, 0.1) is 53.3 Å². The SMILES string of the molecule is C=CC1CO/C=C\[C@H]2C[C@@H](C)C(=O)/C=C/C(C)=C/[C@H](CO[C@@H]3OC(C)[C@@H](O)[C@H](OC)C3OC)[C@@H](CC)OC(=O)C[C@@H](O1)[C@H](C)[C@H]2O[C@@H]1OC(C)[C@@H](O)C(N(C)C)C1O.CC[C@H]1OC(=O)C[C@@H](O)[C@H](C)[C@@H](O[C@@H]2OC(C)[C@@H](OC(C)=O)C(N(C)C)C2OC(C)=O)[C@@H](CC=O)C[C@@H](C)C(=O)/C=C/C(C)=C/[C@@H]1CO[C@@H]1OC(C)[C@@H](C)[C@H](OC)C1OC. The highest BCUT2D eigenvalue weighted by Gasteiger charge is 2.54. The van der Waals surface area contributed by atoms with Gasteiger partial charge in [0, 0.05) is 96.1 Å². The Balaban J connectivity index is 0.000000366. The molecule has 0 aromatic rings. The van der Waals surface area contributed by atoms with Crippen molar-refractivity contribution in [1.29, 1.82) is 0 Å². The van der Waals surface area contributed by atoms with Crippen LogP contribution >= 0.6 is 0 Å². The van der Waals surface area contributed by atoms with Gasteiger partial charge in [0.2, 0.25) is 0 Å². The molecule has 7 aliphatic rings. The van der Waals surface area contributed by atoms with Crippen molar-refractivity contribution in [1.82, 2.24) is 9.80 Å². The van der Waals surface area contributed by atoms with Crippen molar-refractivity contribution >= 4 is 41.7 Å². The van der Waals surface area contributed by atoms with Crippen LogP contribution in [0.5, 0.6) is 0 Å². The Hall–Kier alpha value is -5.63. The molecule has 0 aromatic heterocycles. The van der Waals surface area contributed by atoms with E-state index in [1.807, 2.05) is 73.6 Å². The molecule has 118 heavy (non-hydrogen) atoms. The number of aliphatic hydroxyl groups excluding tert-OH is 4. The van der Waals surface area contributed by atoms with E-state index >= 15 is 0 Å². The minimum absolute atomic E-state index is 0.0373. The number of ketones is 2. The number of carbonyl (C=O) groups excluding carboxylic acids is 7. The van der Waals surface area contributed by atoms with Crippen molar-refractivity contribution in [3.63, 3.8) is 0 Å². The average Bonchev–Trinajstić information content (AvgIpc) is 0.781. The lowest BCUT2D eigenvalue weighted by molar-refractivity contribution is -0.308. The van der Waals surface area contributed by atoms with Crippen molar-refractivity contribution < 1.29 is 139 Å². The van der Waals surface area contributed by atoms with Crippen molar-refractivity contribution in [3.05, 3.63) is 72.6 Å². The third-order valence-corrected chi connectivity index (χ3v) is 24.0. The third-order valence-electron chi connectivity index (χ3n) is 24.0. The molecule has 31 heteroatoms. The summed E-state index contributed by atoms with van der Waals surface area (Å²) in [6, 6.07) is -1.41. The number of fused-ring (bicyclic) bond motifs is 3. The first-order valence-corrected chi connectivity index (χ1v) is 41.7. The fraction of sp³-hybridized carbons (Fsp3) is 0.782. The quantitative estimate of drug-likeness (QED) is 0.0343. The fourth-order valence-electron chi connectivity index (χ4n) is 17.0. The van der Waals surface area contributed by atoms with E-state index < -0.39 is 225 Å². The molecule has 4 fully saturated rings. The zero-order valence-corrected chi connectivity index (χ0v) is 73.6. The normalized spacial score (nSPS) is 42.3. The molecule has 0 amide bonds. The Bertz CT molecular complexity index is 3330. The Morgan fingerprint density at radius 1 is 0.534 bits per heavy atom. The molecule has 0 aliphatic carbocycles. The van der Waals surface area contributed by atoms with Gasteiger partial charge in [-0.1, -0.05) is 90.0 Å². The van der Waals surface area contributed by atoms with Gasteiger partial charge in [-0.05, 0) is 120 Å². The number of aldehydes is 1. The number of esters is 4. The van der Waals surface area contributed by atoms with E-state index in [2.05, 4.69) is 6.58 Å². The van der Waals surface area contributed by atoms with Crippen LogP contribution in [-0.4, -0.2) is 308 Å². The Morgan fingerprint density at radius 2 is 1.02 bits per heavy atom. The van der Waals surface area contributed by atoms with Gasteiger partial charge in [-0.3, -0.25) is 33.7 Å². The van der Waals surface area contributed by atoms with E-state index in [1.54, 1.807) is 117 Å². The van der Waals surface area contributed by atoms with Crippen LogP contribution in [0.3, 0.4) is 0 Å². The monoisotopic (exact) mass is 1680 g/mol. The van der Waals surface area contributed by atoms with Gasteiger partial charge in [-0.25, -0.2) is 0 Å². The molecule has 0 aromatic carbocycles. The summed E-state index contributed by atoms with van der Waals surface area (Å²) in [5.41, 5.74) is 1.47. The standard InChI is InChI=1S/C44H71NO15.C43H69NO14/c1-14-35-32(22-54-43-42(53-13)39(52-12)25(4)27(6)55-43)19-23(2)15-16-33(49)24(3)20-31(17-18-46)38(26(5)34(50)21-36(51)59-35)60-44-41(58-30(9)48)37(45(10)11)40(28(7)56-44)57-29(8)47;1-12-30-22-52-17-16-28-19-24(4)31(45)15-14-23(3)18-29(21-53-43-41(51-11)40(50-10)37(48)27(7)55-43)32(13-2)57-34(46)20-33(56-30)25(5)39(28)58-42-38(49)35(44(8)9)36(47)26(6)54-42/h15-16,18-19,24-28,31-32,34-35,37-44,50H,14,17,20-22H2,1-13H3;12,14-18,24-30,32-33,35-43,47-49H,1,13,19-22H2,2-11H3/b16-15+,23-19+;15-14+,17-16-,23-18+/t24-,25-,26+,27?,28?,31+,32-,34-,35-,37?,38-,39+,40-,41?,42?,43-,44+;24-,25+,26?,27?,28+,29-,30?,32-,33-,35?,36-,37-,38?,39-,40+,41?,42+,43-/m11/s1. The van der Waals surface area contributed by atoms with Crippen LogP contribution in [0.25, 0.3) is 0 Å². The van der Waals surface area contributed by atoms with E-state index in [4.69, 9.17) is 85.3 Å². The minimum atomic E-state index is -1.35. The molecule has 11 unspecified atom stereocenters. The predicted octanol–water partition coefficient (Wildman–Crippen LogP) is 7.08. The molecular formula is C87H140N2O29. The predicted molar refractivity (Wildman–Crippen MR) is 431 cm³/mol. The van der Waals surface area contributed by atoms with E-state index in [1.165, 1.54) is 34.1 Å². The van der Waals surface area contributed by atoms with E-state index in [-0.39, 0.29) is 68.8 Å². The summed E-state index contributed by atoms with van der Waals surface area (Å²) in [5.74, 6) is -7.22. The molecule has 0 spiro atoms. The summed E-state index contributed by atoms with van der Waals surface area (Å²) in [6.45, 7) is 30.5. The second-order valence-corrected chi connectivity index (χ2v) is 33.3. The summed E-state index contributed by atoms with van der Waals surface area (Å²) < 4.78 is 110. The molecule has 7 rings (SSSR count). The zero-order valence-electron chi connectivity index (χ0n) is 73.6. The van der Waals surface area contributed by atoms with Crippen molar-refractivity contribution in [2.75, 3.05) is 76.5 Å². The first kappa shape index (κ1) is 101. The minimum Gasteiger partial charge on any atom is -0.498 e. The molecule has 4 saturated heterocycles. The van der Waals surface area contributed by atoms with Gasteiger partial charge in [0.05, 0.1) is 105 Å². The van der Waals surface area contributed by atoms with Crippen LogP contribution < -0.4 is 0 Å². The van der Waals surface area contributed by atoms with Crippen LogP contribution in [0.2, 0.25) is 0 Å². The number of likely N-dealkylation sites (N-methyl/N-ethyl adjacent to an activating group) is 2. The van der Waals surface area contributed by atoms with Crippen molar-refractivity contribution in [2.24, 2.45) is 53.3 Å². The van der Waals surface area contributed by atoms with Crippen LogP contribution in [-0.2, 0) is 119 Å². The first-order valence-electron chi connectivity index (χ1n) is 41.7. The Kier molecular flexibility index (Phi) is 41.5. The number of carbonyl (C=O) groups is 7. The highest BCUT2D eigenvalue weighted by Crippen LogP contribution is 2.40. The van der Waals surface area contributed by atoms with Gasteiger partial charge >= 0.3 is 23.9 Å². The molecule has 2 bridgehead atoms. The molecule has 4 N–H and O–H groups in total. The van der Waals surface area contributed by atoms with Crippen LogP contribution in [0.4, 0.5) is 0 Å². The van der Waals surface area contributed by atoms with Crippen molar-refractivity contribution in [3.8, 4) is 0 Å². The summed E-state index contributed by atoms with van der Waals surface area (Å²) in [4.78, 5) is 95.8. The second-order valence-electron chi connectivity index (χ2n) is 33.3. The highest BCUT2D eigenvalue weighted by atomic mass is 16.7. The number of aliphatic hydroxyl groups is 4. The first-order chi connectivity index (χ1) is 55.8. The number of cyclic esters (lactones) is 2. The lowest BCUT2D eigenvalue weighted by atomic mass is 9.79.